The van der Waals surface area contributed by atoms with Crippen LogP contribution in [0.1, 0.15) is 73.1 Å². The minimum atomic E-state index is 0.586. The summed E-state index contributed by atoms with van der Waals surface area (Å²) in [5, 5.41) is 0. The molecule has 4 unspecified atom stereocenters. The maximum Gasteiger partial charge on any atom is -0.00425 e. The van der Waals surface area contributed by atoms with Crippen LogP contribution >= 0.6 is 0 Å². The summed E-state index contributed by atoms with van der Waals surface area (Å²) in [7, 11) is 0. The van der Waals surface area contributed by atoms with E-state index in [1.54, 1.807) is 0 Å². The van der Waals surface area contributed by atoms with E-state index in [1.807, 2.05) is 0 Å². The molecule has 0 aliphatic heterocycles. The van der Waals surface area contributed by atoms with Crippen molar-refractivity contribution in [2.45, 2.75) is 73.1 Å². The molecule has 124 valence electrons. The zero-order valence-corrected chi connectivity index (χ0v) is 15.2. The monoisotopic (exact) mass is 293 g/mol. The fourth-order valence-electron chi connectivity index (χ4n) is 2.51. The van der Waals surface area contributed by atoms with Crippen LogP contribution in [0.2, 0.25) is 0 Å². The van der Waals surface area contributed by atoms with Gasteiger partial charge in [0, 0.05) is 0 Å². The van der Waals surface area contributed by atoms with Crippen LogP contribution in [0.25, 0.3) is 0 Å². The SMILES string of the molecule is C=C(/C=C\CCN)C(C)CCC(C)C(C)CCC(C)CC. The van der Waals surface area contributed by atoms with Gasteiger partial charge in [0.05, 0.1) is 0 Å². The average molecular weight is 294 g/mol. The quantitative estimate of drug-likeness (QED) is 0.441. The molecular formula is C20H39N. The molecule has 21 heavy (non-hydrogen) atoms. The Morgan fingerprint density at radius 1 is 1.00 bits per heavy atom. The van der Waals surface area contributed by atoms with Crippen molar-refractivity contribution in [3.63, 3.8) is 0 Å². The highest BCUT2D eigenvalue weighted by Crippen LogP contribution is 2.27. The molecule has 0 aliphatic carbocycles. The standard InChI is InChI=1S/C20H39N/c1-7-16(2)11-12-18(4)20(6)14-13-19(5)17(3)10-8-9-15-21/h8,10,16,18-20H,3,7,9,11-15,21H2,1-2,4-6H3/b10-8-. The van der Waals surface area contributed by atoms with E-state index >= 15 is 0 Å². The van der Waals surface area contributed by atoms with Gasteiger partial charge >= 0.3 is 0 Å². The van der Waals surface area contributed by atoms with E-state index in [0.717, 1.165) is 30.7 Å². The highest BCUT2D eigenvalue weighted by atomic mass is 14.5. The van der Waals surface area contributed by atoms with Crippen LogP contribution in [0.5, 0.6) is 0 Å². The van der Waals surface area contributed by atoms with Crippen molar-refractivity contribution in [3.8, 4) is 0 Å². The van der Waals surface area contributed by atoms with E-state index < -0.39 is 0 Å². The van der Waals surface area contributed by atoms with Gasteiger partial charge in [-0.2, -0.15) is 0 Å². The molecule has 0 aromatic heterocycles. The fraction of sp³-hybridized carbons (Fsp3) is 0.800. The van der Waals surface area contributed by atoms with Gasteiger partial charge in [0.1, 0.15) is 0 Å². The first-order valence-electron chi connectivity index (χ1n) is 8.97. The summed E-state index contributed by atoms with van der Waals surface area (Å²) in [5.41, 5.74) is 6.75. The number of hydrogen-bond acceptors (Lipinski definition) is 1. The second kappa shape index (κ2) is 12.0. The lowest BCUT2D eigenvalue weighted by atomic mass is 9.83. The van der Waals surface area contributed by atoms with Gasteiger partial charge < -0.3 is 5.73 Å². The minimum Gasteiger partial charge on any atom is -0.330 e. The van der Waals surface area contributed by atoms with Crippen molar-refractivity contribution in [2.24, 2.45) is 29.4 Å². The largest absolute Gasteiger partial charge is 0.330 e. The number of allylic oxidation sites excluding steroid dienone is 2. The van der Waals surface area contributed by atoms with E-state index in [0.29, 0.717) is 5.92 Å². The Hall–Kier alpha value is -0.560. The van der Waals surface area contributed by atoms with Crippen LogP contribution in [0.15, 0.2) is 24.3 Å². The molecule has 0 radical (unpaired) electrons. The van der Waals surface area contributed by atoms with Gasteiger partial charge in [-0.05, 0) is 49.5 Å². The van der Waals surface area contributed by atoms with Gasteiger partial charge in [-0.3, -0.25) is 0 Å². The van der Waals surface area contributed by atoms with Crippen LogP contribution in [-0.4, -0.2) is 6.54 Å². The van der Waals surface area contributed by atoms with E-state index in [9.17, 15) is 0 Å². The second-order valence-corrected chi connectivity index (χ2v) is 7.08. The maximum absolute atomic E-state index is 5.50. The Labute approximate surface area is 134 Å². The van der Waals surface area contributed by atoms with Gasteiger partial charge in [0.15, 0.2) is 0 Å². The third kappa shape index (κ3) is 9.90. The Bertz CT molecular complexity index is 292. The van der Waals surface area contributed by atoms with Gasteiger partial charge in [-0.25, -0.2) is 0 Å². The molecule has 0 heterocycles. The van der Waals surface area contributed by atoms with E-state index in [2.05, 4.69) is 53.3 Å². The van der Waals surface area contributed by atoms with E-state index in [-0.39, 0.29) is 0 Å². The molecule has 0 spiro atoms. The lowest BCUT2D eigenvalue weighted by molar-refractivity contribution is 0.301. The van der Waals surface area contributed by atoms with Crippen molar-refractivity contribution in [1.82, 2.24) is 0 Å². The maximum atomic E-state index is 5.50. The molecule has 0 aliphatic rings. The molecule has 1 nitrogen and oxygen atoms in total. The van der Waals surface area contributed by atoms with Gasteiger partial charge in [0.25, 0.3) is 0 Å². The lowest BCUT2D eigenvalue weighted by Crippen LogP contribution is -2.11. The third-order valence-electron chi connectivity index (χ3n) is 5.14. The van der Waals surface area contributed by atoms with Crippen LogP contribution in [0.4, 0.5) is 0 Å². The summed E-state index contributed by atoms with van der Waals surface area (Å²) in [6.45, 7) is 16.7. The Morgan fingerprint density at radius 3 is 2.10 bits per heavy atom. The van der Waals surface area contributed by atoms with Crippen molar-refractivity contribution < 1.29 is 0 Å². The Morgan fingerprint density at radius 2 is 1.57 bits per heavy atom. The number of rotatable bonds is 12. The normalized spacial score (nSPS) is 17.6. The molecule has 0 fully saturated rings. The zero-order chi connectivity index (χ0) is 16.3. The van der Waals surface area contributed by atoms with Crippen molar-refractivity contribution >= 4 is 0 Å². The summed E-state index contributed by atoms with van der Waals surface area (Å²) in [6.07, 6.45) is 11.9. The van der Waals surface area contributed by atoms with Gasteiger partial charge in [0.2, 0.25) is 0 Å². The summed E-state index contributed by atoms with van der Waals surface area (Å²) in [6, 6.07) is 0. The molecule has 0 bridgehead atoms. The molecule has 2 N–H and O–H groups in total. The van der Waals surface area contributed by atoms with Crippen molar-refractivity contribution in [3.05, 3.63) is 24.3 Å². The zero-order valence-electron chi connectivity index (χ0n) is 15.2. The molecule has 0 saturated heterocycles. The average Bonchev–Trinajstić information content (AvgIpc) is 2.49. The summed E-state index contributed by atoms with van der Waals surface area (Å²) >= 11 is 0. The number of nitrogens with two attached hydrogens (primary N) is 1. The van der Waals surface area contributed by atoms with Crippen LogP contribution in [0, 0.1) is 23.7 Å². The number of hydrogen-bond donors (Lipinski definition) is 1. The first kappa shape index (κ1) is 20.4. The molecule has 0 saturated carbocycles. The predicted octanol–water partition coefficient (Wildman–Crippen LogP) is 5.96. The highest BCUT2D eigenvalue weighted by Gasteiger charge is 2.15. The smallest absolute Gasteiger partial charge is 0.00425 e. The van der Waals surface area contributed by atoms with Crippen LogP contribution < -0.4 is 5.73 Å². The Kier molecular flexibility index (Phi) is 11.7. The van der Waals surface area contributed by atoms with Gasteiger partial charge in [-0.1, -0.05) is 78.2 Å². The topological polar surface area (TPSA) is 26.0 Å². The molecule has 4 atom stereocenters. The highest BCUT2D eigenvalue weighted by molar-refractivity contribution is 5.16. The molecule has 0 rings (SSSR count). The minimum absolute atomic E-state index is 0.586. The van der Waals surface area contributed by atoms with E-state index in [4.69, 9.17) is 5.73 Å². The molecular weight excluding hydrogens is 254 g/mol. The second-order valence-electron chi connectivity index (χ2n) is 7.08. The first-order valence-corrected chi connectivity index (χ1v) is 8.97. The summed E-state index contributed by atoms with van der Waals surface area (Å²) < 4.78 is 0. The van der Waals surface area contributed by atoms with Crippen molar-refractivity contribution in [1.29, 1.82) is 0 Å². The molecule has 0 aromatic rings. The molecule has 0 aromatic carbocycles. The van der Waals surface area contributed by atoms with Crippen LogP contribution in [-0.2, 0) is 0 Å². The van der Waals surface area contributed by atoms with Crippen LogP contribution in [0.3, 0.4) is 0 Å². The Balaban J connectivity index is 3.99. The van der Waals surface area contributed by atoms with Crippen molar-refractivity contribution in [2.75, 3.05) is 6.54 Å². The third-order valence-corrected chi connectivity index (χ3v) is 5.14. The molecule has 0 amide bonds. The molecule has 1 heteroatoms. The van der Waals surface area contributed by atoms with Gasteiger partial charge in [-0.15, -0.1) is 0 Å². The summed E-state index contributed by atoms with van der Waals surface area (Å²) in [5.74, 6) is 3.12. The lowest BCUT2D eigenvalue weighted by Gasteiger charge is -2.23. The predicted molar refractivity (Wildman–Crippen MR) is 97.4 cm³/mol. The summed E-state index contributed by atoms with van der Waals surface area (Å²) in [4.78, 5) is 0. The van der Waals surface area contributed by atoms with E-state index in [1.165, 1.54) is 37.7 Å². The first-order chi connectivity index (χ1) is 9.92. The fourth-order valence-corrected chi connectivity index (χ4v) is 2.51.